The van der Waals surface area contributed by atoms with E-state index in [-0.39, 0.29) is 11.6 Å². The van der Waals surface area contributed by atoms with E-state index in [0.29, 0.717) is 11.5 Å². The average molecular weight is 328 g/mol. The van der Waals surface area contributed by atoms with Crippen LogP contribution in [0.2, 0.25) is 0 Å². The van der Waals surface area contributed by atoms with Gasteiger partial charge < -0.3 is 10.6 Å². The molecule has 0 aliphatic rings. The molecule has 0 fully saturated rings. The fourth-order valence-corrected chi connectivity index (χ4v) is 2.17. The quantitative estimate of drug-likeness (QED) is 0.879. The van der Waals surface area contributed by atoms with Crippen LogP contribution in [0.1, 0.15) is 42.6 Å². The number of hydrogen-bond acceptors (Lipinski definition) is 2. The van der Waals surface area contributed by atoms with Crippen LogP contribution in [0.15, 0.2) is 48.5 Å². The van der Waals surface area contributed by atoms with Crippen LogP contribution in [0.4, 0.5) is 10.1 Å². The predicted octanol–water partition coefficient (Wildman–Crippen LogP) is 3.71. The molecular formula is C19H21FN2O2. The highest BCUT2D eigenvalue weighted by Gasteiger charge is 2.17. The maximum atomic E-state index is 13.5. The van der Waals surface area contributed by atoms with Crippen molar-refractivity contribution in [2.45, 2.75) is 32.7 Å². The van der Waals surface area contributed by atoms with Crippen molar-refractivity contribution >= 4 is 17.5 Å². The van der Waals surface area contributed by atoms with Gasteiger partial charge in [-0.25, -0.2) is 4.39 Å². The van der Waals surface area contributed by atoms with E-state index < -0.39 is 17.8 Å². The SMILES string of the molecule is CC(NC(=O)c1ccc(C(C)C)cc1)C(=O)Nc1ccccc1F. The first kappa shape index (κ1) is 17.7. The molecule has 4 nitrogen and oxygen atoms in total. The van der Waals surface area contributed by atoms with Crippen LogP contribution in [-0.4, -0.2) is 17.9 Å². The first-order chi connectivity index (χ1) is 11.4. The summed E-state index contributed by atoms with van der Waals surface area (Å²) < 4.78 is 13.5. The van der Waals surface area contributed by atoms with Gasteiger partial charge in [0.1, 0.15) is 11.9 Å². The Morgan fingerprint density at radius 2 is 1.58 bits per heavy atom. The number of nitrogens with one attached hydrogen (secondary N) is 2. The molecule has 2 rings (SSSR count). The standard InChI is InChI=1S/C19H21FN2O2/c1-12(2)14-8-10-15(11-9-14)19(24)21-13(3)18(23)22-17-7-5-4-6-16(17)20/h4-13H,1-3H3,(H,21,24)(H,22,23). The Morgan fingerprint density at radius 3 is 2.17 bits per heavy atom. The van der Waals surface area contributed by atoms with Gasteiger partial charge in [-0.1, -0.05) is 38.1 Å². The van der Waals surface area contributed by atoms with E-state index in [0.717, 1.165) is 5.56 Å². The third-order valence-electron chi connectivity index (χ3n) is 3.71. The van der Waals surface area contributed by atoms with Crippen molar-refractivity contribution in [3.8, 4) is 0 Å². The molecule has 24 heavy (non-hydrogen) atoms. The zero-order chi connectivity index (χ0) is 17.7. The molecule has 2 amide bonds. The largest absolute Gasteiger partial charge is 0.341 e. The van der Waals surface area contributed by atoms with Crippen molar-refractivity contribution < 1.29 is 14.0 Å². The molecule has 0 radical (unpaired) electrons. The van der Waals surface area contributed by atoms with Crippen molar-refractivity contribution in [2.75, 3.05) is 5.32 Å². The van der Waals surface area contributed by atoms with Gasteiger partial charge in [0, 0.05) is 5.56 Å². The molecule has 2 aromatic rings. The minimum atomic E-state index is -0.790. The summed E-state index contributed by atoms with van der Waals surface area (Å²) in [6, 6.07) is 12.3. The van der Waals surface area contributed by atoms with Gasteiger partial charge in [0.05, 0.1) is 5.69 Å². The van der Waals surface area contributed by atoms with E-state index in [4.69, 9.17) is 0 Å². The summed E-state index contributed by atoms with van der Waals surface area (Å²) in [7, 11) is 0. The average Bonchev–Trinajstić information content (AvgIpc) is 2.56. The molecule has 0 heterocycles. The second-order valence-electron chi connectivity index (χ2n) is 5.94. The Morgan fingerprint density at radius 1 is 0.958 bits per heavy atom. The van der Waals surface area contributed by atoms with Gasteiger partial charge in [-0.05, 0) is 42.7 Å². The first-order valence-electron chi connectivity index (χ1n) is 7.84. The minimum Gasteiger partial charge on any atom is -0.341 e. The highest BCUT2D eigenvalue weighted by Crippen LogP contribution is 2.15. The number of hydrogen-bond donors (Lipinski definition) is 2. The van der Waals surface area contributed by atoms with Gasteiger partial charge in [0.2, 0.25) is 5.91 Å². The van der Waals surface area contributed by atoms with E-state index in [1.165, 1.54) is 18.2 Å². The third-order valence-corrected chi connectivity index (χ3v) is 3.71. The molecule has 0 saturated carbocycles. The molecule has 0 bridgehead atoms. The second kappa shape index (κ2) is 7.73. The molecule has 0 aliphatic heterocycles. The monoisotopic (exact) mass is 328 g/mol. The van der Waals surface area contributed by atoms with Crippen LogP contribution in [0.3, 0.4) is 0 Å². The van der Waals surface area contributed by atoms with Gasteiger partial charge in [0.15, 0.2) is 0 Å². The van der Waals surface area contributed by atoms with Crippen molar-refractivity contribution in [1.82, 2.24) is 5.32 Å². The van der Waals surface area contributed by atoms with Gasteiger partial charge >= 0.3 is 0 Å². The van der Waals surface area contributed by atoms with E-state index in [1.807, 2.05) is 12.1 Å². The van der Waals surface area contributed by atoms with Gasteiger partial charge in [-0.15, -0.1) is 0 Å². The van der Waals surface area contributed by atoms with Crippen LogP contribution in [0.25, 0.3) is 0 Å². The van der Waals surface area contributed by atoms with Gasteiger partial charge in [0.25, 0.3) is 5.91 Å². The van der Waals surface area contributed by atoms with E-state index >= 15 is 0 Å². The highest BCUT2D eigenvalue weighted by molar-refractivity contribution is 6.01. The Bertz CT molecular complexity index is 726. The zero-order valence-corrected chi connectivity index (χ0v) is 14.0. The molecule has 0 aromatic heterocycles. The van der Waals surface area contributed by atoms with E-state index in [1.54, 1.807) is 25.1 Å². The number of para-hydroxylation sites is 1. The Kier molecular flexibility index (Phi) is 5.68. The maximum Gasteiger partial charge on any atom is 0.251 e. The lowest BCUT2D eigenvalue weighted by molar-refractivity contribution is -0.117. The fraction of sp³-hybridized carbons (Fsp3) is 0.263. The maximum absolute atomic E-state index is 13.5. The minimum absolute atomic E-state index is 0.0879. The molecule has 1 unspecified atom stereocenters. The number of anilines is 1. The van der Waals surface area contributed by atoms with E-state index in [2.05, 4.69) is 24.5 Å². The summed E-state index contributed by atoms with van der Waals surface area (Å²) in [5.74, 6) is -0.963. The third kappa shape index (κ3) is 4.41. The lowest BCUT2D eigenvalue weighted by Crippen LogP contribution is -2.41. The first-order valence-corrected chi connectivity index (χ1v) is 7.84. The normalized spacial score (nSPS) is 11.9. The summed E-state index contributed by atoms with van der Waals surface area (Å²) in [5, 5.41) is 5.07. The number of carbonyl (C=O) groups is 2. The zero-order valence-electron chi connectivity index (χ0n) is 14.0. The second-order valence-corrected chi connectivity index (χ2v) is 5.94. The topological polar surface area (TPSA) is 58.2 Å². The van der Waals surface area contributed by atoms with Gasteiger partial charge in [-0.3, -0.25) is 9.59 Å². The molecule has 2 aromatic carbocycles. The number of amides is 2. The smallest absolute Gasteiger partial charge is 0.251 e. The molecule has 1 atom stereocenters. The lowest BCUT2D eigenvalue weighted by Gasteiger charge is -2.15. The Balaban J connectivity index is 1.98. The van der Waals surface area contributed by atoms with Crippen molar-refractivity contribution in [3.05, 3.63) is 65.5 Å². The van der Waals surface area contributed by atoms with Crippen LogP contribution < -0.4 is 10.6 Å². The number of rotatable bonds is 5. The highest BCUT2D eigenvalue weighted by atomic mass is 19.1. The summed E-state index contributed by atoms with van der Waals surface area (Å²) in [5.41, 5.74) is 1.70. The molecule has 0 saturated heterocycles. The molecule has 126 valence electrons. The molecule has 0 spiro atoms. The summed E-state index contributed by atoms with van der Waals surface area (Å²) in [6.07, 6.45) is 0. The summed E-state index contributed by atoms with van der Waals surface area (Å²) >= 11 is 0. The van der Waals surface area contributed by atoms with Gasteiger partial charge in [-0.2, -0.15) is 0 Å². The number of carbonyl (C=O) groups excluding carboxylic acids is 2. The predicted molar refractivity (Wildman–Crippen MR) is 92.5 cm³/mol. The number of halogens is 1. The van der Waals surface area contributed by atoms with Crippen LogP contribution in [0.5, 0.6) is 0 Å². The molecule has 2 N–H and O–H groups in total. The molecule has 5 heteroatoms. The molecular weight excluding hydrogens is 307 g/mol. The van der Waals surface area contributed by atoms with Crippen LogP contribution in [-0.2, 0) is 4.79 Å². The van der Waals surface area contributed by atoms with Crippen molar-refractivity contribution in [1.29, 1.82) is 0 Å². The fourth-order valence-electron chi connectivity index (χ4n) is 2.17. The van der Waals surface area contributed by atoms with E-state index in [9.17, 15) is 14.0 Å². The van der Waals surface area contributed by atoms with Crippen LogP contribution >= 0.6 is 0 Å². The number of benzene rings is 2. The Hall–Kier alpha value is -2.69. The molecule has 0 aliphatic carbocycles. The van der Waals surface area contributed by atoms with Crippen molar-refractivity contribution in [2.24, 2.45) is 0 Å². The van der Waals surface area contributed by atoms with Crippen molar-refractivity contribution in [3.63, 3.8) is 0 Å². The summed E-state index contributed by atoms with van der Waals surface area (Å²) in [6.45, 7) is 5.70. The lowest BCUT2D eigenvalue weighted by atomic mass is 10.0. The van der Waals surface area contributed by atoms with Crippen LogP contribution in [0, 0.1) is 5.82 Å². The Labute approximate surface area is 141 Å². The summed E-state index contributed by atoms with van der Waals surface area (Å²) in [4.78, 5) is 24.3.